The van der Waals surface area contributed by atoms with Crippen LogP contribution in [0, 0.1) is 5.92 Å². The first-order chi connectivity index (χ1) is 12.5. The van der Waals surface area contributed by atoms with E-state index in [2.05, 4.69) is 0 Å². The lowest BCUT2D eigenvalue weighted by molar-refractivity contribution is -0.129. The van der Waals surface area contributed by atoms with Crippen molar-refractivity contribution in [1.29, 1.82) is 0 Å². The number of likely N-dealkylation sites (N-methyl/N-ethyl adjacent to an activating group) is 2. The highest BCUT2D eigenvalue weighted by Crippen LogP contribution is 2.27. The van der Waals surface area contributed by atoms with E-state index in [9.17, 15) is 9.59 Å². The molecule has 0 saturated carbocycles. The number of carbonyl (C=O) groups excluding carboxylic acids is 2. The normalized spacial score (nSPS) is 20.7. The molecular formula is C20H31N3O4. The minimum absolute atomic E-state index is 0.0125. The van der Waals surface area contributed by atoms with Crippen molar-refractivity contribution < 1.29 is 19.1 Å². The average molecular weight is 377 g/mol. The second kappa shape index (κ2) is 8.06. The number of hydrogen-bond acceptors (Lipinski definition) is 5. The topological polar surface area (TPSA) is 85.1 Å². The minimum atomic E-state index is -0.563. The van der Waals surface area contributed by atoms with Crippen molar-refractivity contribution in [2.75, 3.05) is 32.9 Å². The molecule has 2 atom stereocenters. The van der Waals surface area contributed by atoms with E-state index in [4.69, 9.17) is 15.2 Å². The molecule has 7 nitrogen and oxygen atoms in total. The molecule has 2 rings (SSSR count). The fourth-order valence-corrected chi connectivity index (χ4v) is 2.98. The number of nitrogens with two attached hydrogens (primary N) is 1. The number of carbonyl (C=O) groups is 2. The Morgan fingerprint density at radius 2 is 2.07 bits per heavy atom. The standard InChI is InChI=1S/C20H31N3O4/c1-13-11-22(5)18(24)10-14-9-15(21)7-8-16(14)26-17(13)12-23(6)19(25)27-20(2,3)4/h7-9,13,17H,10-12,21H2,1-6H3/t13-,17-/m0/s1. The predicted molar refractivity (Wildman–Crippen MR) is 105 cm³/mol. The smallest absolute Gasteiger partial charge is 0.410 e. The molecule has 7 heteroatoms. The fourth-order valence-electron chi connectivity index (χ4n) is 2.98. The van der Waals surface area contributed by atoms with Crippen LogP contribution < -0.4 is 10.5 Å². The third-order valence-electron chi connectivity index (χ3n) is 4.49. The van der Waals surface area contributed by atoms with Gasteiger partial charge in [-0.1, -0.05) is 6.92 Å². The lowest BCUT2D eigenvalue weighted by Crippen LogP contribution is -2.45. The van der Waals surface area contributed by atoms with Gasteiger partial charge in [0.25, 0.3) is 0 Å². The van der Waals surface area contributed by atoms with E-state index in [1.165, 1.54) is 4.90 Å². The number of nitrogens with zero attached hydrogens (tertiary/aromatic N) is 2. The van der Waals surface area contributed by atoms with Gasteiger partial charge < -0.3 is 25.0 Å². The molecule has 1 aromatic carbocycles. The number of benzene rings is 1. The Labute approximate surface area is 161 Å². The first-order valence-electron chi connectivity index (χ1n) is 9.19. The lowest BCUT2D eigenvalue weighted by Gasteiger charge is -2.31. The van der Waals surface area contributed by atoms with Crippen LogP contribution in [-0.4, -0.2) is 60.7 Å². The molecule has 150 valence electrons. The first-order valence-corrected chi connectivity index (χ1v) is 9.19. The van der Waals surface area contributed by atoms with Crippen LogP contribution in [0.3, 0.4) is 0 Å². The summed E-state index contributed by atoms with van der Waals surface area (Å²) in [6, 6.07) is 5.31. The zero-order valence-corrected chi connectivity index (χ0v) is 17.1. The fraction of sp³-hybridized carbons (Fsp3) is 0.600. The molecule has 2 N–H and O–H groups in total. The van der Waals surface area contributed by atoms with E-state index in [0.717, 1.165) is 5.56 Å². The summed E-state index contributed by atoms with van der Waals surface area (Å²) in [5, 5.41) is 0. The molecular weight excluding hydrogens is 346 g/mol. The highest BCUT2D eigenvalue weighted by Gasteiger charge is 2.30. The zero-order chi connectivity index (χ0) is 20.4. The van der Waals surface area contributed by atoms with E-state index in [1.807, 2.05) is 27.7 Å². The SMILES string of the molecule is C[C@H]1CN(C)C(=O)Cc2cc(N)ccc2O[C@H]1CN(C)C(=O)OC(C)(C)C. The number of nitrogen functional groups attached to an aromatic ring is 1. The average Bonchev–Trinajstić information content (AvgIpc) is 2.57. The van der Waals surface area contributed by atoms with Gasteiger partial charge in [-0.15, -0.1) is 0 Å². The largest absolute Gasteiger partial charge is 0.488 e. The molecule has 0 aromatic heterocycles. The summed E-state index contributed by atoms with van der Waals surface area (Å²) in [7, 11) is 3.47. The van der Waals surface area contributed by atoms with Gasteiger partial charge in [-0.2, -0.15) is 0 Å². The molecule has 0 fully saturated rings. The zero-order valence-electron chi connectivity index (χ0n) is 17.1. The van der Waals surface area contributed by atoms with E-state index in [-0.39, 0.29) is 24.3 Å². The number of hydrogen-bond donors (Lipinski definition) is 1. The van der Waals surface area contributed by atoms with Gasteiger partial charge in [0.05, 0.1) is 13.0 Å². The van der Waals surface area contributed by atoms with E-state index >= 15 is 0 Å². The number of fused-ring (bicyclic) bond motifs is 1. The second-order valence-electron chi connectivity index (χ2n) is 8.31. The quantitative estimate of drug-likeness (QED) is 0.801. The summed E-state index contributed by atoms with van der Waals surface area (Å²) in [6.07, 6.45) is -0.462. The Morgan fingerprint density at radius 3 is 2.70 bits per heavy atom. The molecule has 1 aromatic rings. The van der Waals surface area contributed by atoms with E-state index in [0.29, 0.717) is 24.5 Å². The van der Waals surface area contributed by atoms with Gasteiger partial charge >= 0.3 is 6.09 Å². The second-order valence-corrected chi connectivity index (χ2v) is 8.31. The summed E-state index contributed by atoms with van der Waals surface area (Å²) in [5.74, 6) is 0.660. The number of ether oxygens (including phenoxy) is 2. The van der Waals surface area contributed by atoms with Gasteiger partial charge in [0.15, 0.2) is 0 Å². The molecule has 0 spiro atoms. The molecule has 0 unspecified atom stereocenters. The minimum Gasteiger partial charge on any atom is -0.488 e. The van der Waals surface area contributed by atoms with Gasteiger partial charge in [0.1, 0.15) is 17.5 Å². The maximum atomic E-state index is 12.5. The van der Waals surface area contributed by atoms with Crippen LogP contribution in [0.2, 0.25) is 0 Å². The van der Waals surface area contributed by atoms with Gasteiger partial charge in [-0.05, 0) is 39.0 Å². The molecule has 1 heterocycles. The van der Waals surface area contributed by atoms with Crippen molar-refractivity contribution in [3.63, 3.8) is 0 Å². The van der Waals surface area contributed by atoms with Gasteiger partial charge in [-0.25, -0.2) is 4.79 Å². The molecule has 0 radical (unpaired) electrons. The van der Waals surface area contributed by atoms with Crippen molar-refractivity contribution >= 4 is 17.7 Å². The van der Waals surface area contributed by atoms with E-state index < -0.39 is 11.7 Å². The van der Waals surface area contributed by atoms with Crippen molar-refractivity contribution in [1.82, 2.24) is 9.80 Å². The third kappa shape index (κ3) is 5.77. The van der Waals surface area contributed by atoms with Crippen molar-refractivity contribution in [3.05, 3.63) is 23.8 Å². The van der Waals surface area contributed by atoms with Crippen LogP contribution >= 0.6 is 0 Å². The summed E-state index contributed by atoms with van der Waals surface area (Å²) in [5.41, 5.74) is 6.66. The van der Waals surface area contributed by atoms with Crippen LogP contribution in [-0.2, 0) is 16.0 Å². The Bertz CT molecular complexity index is 699. The number of anilines is 1. The molecule has 27 heavy (non-hydrogen) atoms. The van der Waals surface area contributed by atoms with Gasteiger partial charge in [0.2, 0.25) is 5.91 Å². The van der Waals surface area contributed by atoms with Crippen LogP contribution in [0.25, 0.3) is 0 Å². The molecule has 1 aliphatic rings. The van der Waals surface area contributed by atoms with E-state index in [1.54, 1.807) is 37.2 Å². The molecule has 1 aliphatic heterocycles. The van der Waals surface area contributed by atoms with Crippen LogP contribution in [0.5, 0.6) is 5.75 Å². The molecule has 0 bridgehead atoms. The lowest BCUT2D eigenvalue weighted by atomic mass is 10.0. The summed E-state index contributed by atoms with van der Waals surface area (Å²) in [6.45, 7) is 8.40. The van der Waals surface area contributed by atoms with Crippen LogP contribution in [0.15, 0.2) is 18.2 Å². The van der Waals surface area contributed by atoms with Crippen molar-refractivity contribution in [2.24, 2.45) is 5.92 Å². The highest BCUT2D eigenvalue weighted by atomic mass is 16.6. The van der Waals surface area contributed by atoms with Crippen LogP contribution in [0.1, 0.15) is 33.3 Å². The first kappa shape index (κ1) is 20.9. The maximum Gasteiger partial charge on any atom is 0.410 e. The summed E-state index contributed by atoms with van der Waals surface area (Å²) < 4.78 is 11.7. The molecule has 0 aliphatic carbocycles. The Balaban J connectivity index is 2.25. The molecule has 0 saturated heterocycles. The maximum absolute atomic E-state index is 12.5. The predicted octanol–water partition coefficient (Wildman–Crippen LogP) is 2.53. The Morgan fingerprint density at radius 1 is 1.41 bits per heavy atom. The van der Waals surface area contributed by atoms with Crippen molar-refractivity contribution in [3.8, 4) is 5.75 Å². The Hall–Kier alpha value is -2.44. The highest BCUT2D eigenvalue weighted by molar-refractivity contribution is 5.79. The Kier molecular flexibility index (Phi) is 6.23. The molecule has 2 amide bonds. The van der Waals surface area contributed by atoms with Crippen LogP contribution in [0.4, 0.5) is 10.5 Å². The number of rotatable bonds is 2. The van der Waals surface area contributed by atoms with Gasteiger partial charge in [-0.3, -0.25) is 4.79 Å². The van der Waals surface area contributed by atoms with Crippen molar-refractivity contribution in [2.45, 2.75) is 45.8 Å². The third-order valence-corrected chi connectivity index (χ3v) is 4.49. The van der Waals surface area contributed by atoms with Gasteiger partial charge in [0, 0.05) is 37.8 Å². The summed E-state index contributed by atoms with van der Waals surface area (Å²) >= 11 is 0. The monoisotopic (exact) mass is 377 g/mol. The number of amides is 2. The summed E-state index contributed by atoms with van der Waals surface area (Å²) in [4.78, 5) is 28.0.